The van der Waals surface area contributed by atoms with E-state index in [0.717, 1.165) is 21.6 Å². The summed E-state index contributed by atoms with van der Waals surface area (Å²) >= 11 is 0. The van der Waals surface area contributed by atoms with Gasteiger partial charge in [0, 0.05) is 48.0 Å². The second-order valence-corrected chi connectivity index (χ2v) is 18.7. The summed E-state index contributed by atoms with van der Waals surface area (Å²) in [5.74, 6) is -11.8. The number of rotatable bonds is 14. The van der Waals surface area contributed by atoms with Crippen molar-refractivity contribution in [1.82, 2.24) is 36.0 Å². The van der Waals surface area contributed by atoms with Gasteiger partial charge in [0.05, 0.1) is 12.2 Å². The molecule has 1 fully saturated rings. The first-order valence-corrected chi connectivity index (χ1v) is 23.6. The molecule has 1 saturated heterocycles. The fraction of sp³-hybridized carbons (Fsp3) is 0.633. The predicted octanol–water partition coefficient (Wildman–Crippen LogP) is 0.377. The predicted molar refractivity (Wildman–Crippen MR) is 257 cm³/mol. The molecule has 0 unspecified atom stereocenters. The lowest BCUT2D eigenvalue weighted by atomic mass is 9.95. The van der Waals surface area contributed by atoms with E-state index in [0.29, 0.717) is 5.56 Å². The summed E-state index contributed by atoms with van der Waals surface area (Å²) < 4.78 is 23.4. The number of aliphatic hydroxyl groups is 1. The van der Waals surface area contributed by atoms with Gasteiger partial charge >= 0.3 is 17.9 Å². The molecule has 1 aromatic carbocycles. The molecular formula is C49H75N7O15. The lowest BCUT2D eigenvalue weighted by Gasteiger charge is -2.39. The van der Waals surface area contributed by atoms with Crippen LogP contribution in [0.2, 0.25) is 0 Å². The van der Waals surface area contributed by atoms with Gasteiger partial charge in [0.2, 0.25) is 29.5 Å². The molecule has 71 heavy (non-hydrogen) atoms. The van der Waals surface area contributed by atoms with Gasteiger partial charge in [-0.3, -0.25) is 33.6 Å². The lowest BCUT2D eigenvalue weighted by molar-refractivity contribution is -0.177. The Morgan fingerprint density at radius 2 is 1.42 bits per heavy atom. The quantitative estimate of drug-likeness (QED) is 0.0957. The molecule has 1 aliphatic rings. The maximum absolute atomic E-state index is 15.1. The third kappa shape index (κ3) is 16.3. The zero-order valence-corrected chi connectivity index (χ0v) is 43.6. The van der Waals surface area contributed by atoms with Crippen molar-refractivity contribution in [1.29, 1.82) is 0 Å². The first-order chi connectivity index (χ1) is 33.0. The Bertz CT molecular complexity index is 2100. The highest BCUT2D eigenvalue weighted by Gasteiger charge is 2.47. The normalized spacial score (nSPS) is 24.7. The highest BCUT2D eigenvalue weighted by molar-refractivity contribution is 6.01. The van der Waals surface area contributed by atoms with Crippen LogP contribution in [-0.4, -0.2) is 174 Å². The molecule has 0 bridgehead atoms. The van der Waals surface area contributed by atoms with E-state index < -0.39 is 149 Å². The third-order valence-corrected chi connectivity index (χ3v) is 12.2. The molecule has 22 nitrogen and oxygen atoms in total. The molecule has 5 N–H and O–H groups in total. The molecule has 1 heterocycles. The molecule has 0 aliphatic carbocycles. The summed E-state index contributed by atoms with van der Waals surface area (Å²) in [6, 6.07) is -1.31. The Labute approximate surface area is 416 Å². The van der Waals surface area contributed by atoms with E-state index >= 15 is 4.79 Å². The Morgan fingerprint density at radius 1 is 0.831 bits per heavy atom. The van der Waals surface area contributed by atoms with Gasteiger partial charge in [0.25, 0.3) is 11.8 Å². The van der Waals surface area contributed by atoms with Gasteiger partial charge in [0.15, 0.2) is 24.2 Å². The first kappa shape index (κ1) is 60.7. The van der Waals surface area contributed by atoms with Gasteiger partial charge < -0.3 is 60.0 Å². The molecule has 11 atom stereocenters. The molecule has 0 saturated carbocycles. The van der Waals surface area contributed by atoms with Crippen LogP contribution < -0.4 is 21.3 Å². The molecule has 7 amide bonds. The van der Waals surface area contributed by atoms with Crippen molar-refractivity contribution in [3.05, 3.63) is 48.2 Å². The van der Waals surface area contributed by atoms with Crippen LogP contribution in [0.3, 0.4) is 0 Å². The third-order valence-electron chi connectivity index (χ3n) is 12.2. The lowest BCUT2D eigenvalue weighted by Crippen LogP contribution is -2.64. The Kier molecular flexibility index (Phi) is 23.3. The number of ether oxygens (including phenoxy) is 4. The Hall–Kier alpha value is -6.42. The number of amides is 7. The van der Waals surface area contributed by atoms with Crippen molar-refractivity contribution < 1.29 is 72.0 Å². The van der Waals surface area contributed by atoms with Crippen molar-refractivity contribution in [3.63, 3.8) is 0 Å². The standard InChI is InChI=1S/C49H75N7O15/c1-17-34(58)52-35(39(59)24(2)3)47(65)70-40(25(4)5)36-46(64)56(15)38(30(11)68-16)49(67)71-41(26(6)7)37(51-31(12)57)48(66)69-33(23-32-21-19-18-20-22-32)45(63)55(14)28(9)42(60)50-27(8)44(62)54(13)29(10)43(61)53-36/h18-22,24-27,29-30,33,35-41,59H,9,17,23H2,1-8,10-16H3,(H,50,60)(H,51,57)(H,52,58)(H,53,61)/t27-,29-,30+,33+,35-,36-,37-,38-,39+,40+,41+/m0/s1. The highest BCUT2D eigenvalue weighted by Crippen LogP contribution is 2.23. The molecular weight excluding hydrogens is 927 g/mol. The monoisotopic (exact) mass is 1000 g/mol. The number of benzene rings is 1. The summed E-state index contributed by atoms with van der Waals surface area (Å²) in [5, 5.41) is 21.0. The van der Waals surface area contributed by atoms with E-state index in [-0.39, 0.29) is 12.8 Å². The second-order valence-electron chi connectivity index (χ2n) is 18.7. The smallest absolute Gasteiger partial charge is 0.333 e. The molecule has 396 valence electrons. The molecule has 0 spiro atoms. The Balaban J connectivity index is 2.97. The average molecular weight is 1000 g/mol. The van der Waals surface area contributed by atoms with E-state index in [9.17, 15) is 48.3 Å². The molecule has 1 aliphatic heterocycles. The molecule has 1 aromatic rings. The molecule has 2 rings (SSSR count). The first-order valence-electron chi connectivity index (χ1n) is 23.6. The summed E-state index contributed by atoms with van der Waals surface area (Å²) in [5.41, 5.74) is 0.0576. The van der Waals surface area contributed by atoms with E-state index in [2.05, 4.69) is 27.8 Å². The number of nitrogens with zero attached hydrogens (tertiary/aromatic N) is 3. The molecule has 0 aromatic heterocycles. The number of esters is 3. The number of cyclic esters (lactones) is 2. The van der Waals surface area contributed by atoms with Crippen LogP contribution in [0.15, 0.2) is 42.6 Å². The van der Waals surface area contributed by atoms with Crippen LogP contribution in [0.25, 0.3) is 0 Å². The number of aliphatic hydroxyl groups excluding tert-OH is 1. The van der Waals surface area contributed by atoms with E-state index in [1.807, 2.05) is 0 Å². The maximum atomic E-state index is 15.1. The fourth-order valence-electron chi connectivity index (χ4n) is 7.47. The number of hydrogen-bond acceptors (Lipinski definition) is 15. The van der Waals surface area contributed by atoms with Crippen molar-refractivity contribution >= 4 is 59.3 Å². The van der Waals surface area contributed by atoms with Gasteiger partial charge in [-0.2, -0.15) is 0 Å². The fourth-order valence-corrected chi connectivity index (χ4v) is 7.47. The number of methoxy groups -OCH3 is 1. The number of carbonyl (C=O) groups excluding carboxylic acids is 10. The second kappa shape index (κ2) is 27.3. The van der Waals surface area contributed by atoms with Crippen molar-refractivity contribution in [2.45, 2.75) is 156 Å². The number of carbonyl (C=O) groups is 10. The Morgan fingerprint density at radius 3 is 1.93 bits per heavy atom. The highest BCUT2D eigenvalue weighted by atomic mass is 16.6. The zero-order chi connectivity index (χ0) is 54.3. The van der Waals surface area contributed by atoms with E-state index in [4.69, 9.17) is 18.9 Å². The van der Waals surface area contributed by atoms with E-state index in [1.54, 1.807) is 71.9 Å². The minimum atomic E-state index is -1.86. The van der Waals surface area contributed by atoms with Crippen molar-refractivity contribution in [3.8, 4) is 0 Å². The number of likely N-dealkylation sites (N-methyl/N-ethyl adjacent to an activating group) is 3. The van der Waals surface area contributed by atoms with Crippen molar-refractivity contribution in [2.24, 2.45) is 17.8 Å². The zero-order valence-electron chi connectivity index (χ0n) is 43.6. The van der Waals surface area contributed by atoms with Crippen LogP contribution in [0.4, 0.5) is 0 Å². The average Bonchev–Trinajstić information content (AvgIpc) is 3.32. The number of nitrogens with one attached hydrogen (secondary N) is 4. The van der Waals surface area contributed by atoms with Crippen LogP contribution >= 0.6 is 0 Å². The molecule has 0 radical (unpaired) electrons. The number of hydrogen-bond donors (Lipinski definition) is 5. The van der Waals surface area contributed by atoms with Gasteiger partial charge in [-0.25, -0.2) is 14.4 Å². The van der Waals surface area contributed by atoms with Gasteiger partial charge in [-0.1, -0.05) is 85.4 Å². The molecule has 22 heteroatoms. The van der Waals surface area contributed by atoms with Gasteiger partial charge in [0.1, 0.15) is 36.0 Å². The summed E-state index contributed by atoms with van der Waals surface area (Å²) in [6.45, 7) is 19.9. The van der Waals surface area contributed by atoms with Crippen molar-refractivity contribution in [2.75, 3.05) is 28.3 Å². The summed E-state index contributed by atoms with van der Waals surface area (Å²) in [4.78, 5) is 142. The minimum Gasteiger partial charge on any atom is -0.458 e. The summed E-state index contributed by atoms with van der Waals surface area (Å²) in [6.07, 6.45) is -7.75. The largest absolute Gasteiger partial charge is 0.458 e. The van der Waals surface area contributed by atoms with Crippen LogP contribution in [0, 0.1) is 17.8 Å². The van der Waals surface area contributed by atoms with Crippen LogP contribution in [-0.2, 0) is 73.3 Å². The van der Waals surface area contributed by atoms with Crippen LogP contribution in [0.1, 0.15) is 88.1 Å². The van der Waals surface area contributed by atoms with E-state index in [1.165, 1.54) is 55.9 Å². The minimum absolute atomic E-state index is 0.0591. The van der Waals surface area contributed by atoms with Gasteiger partial charge in [-0.15, -0.1) is 0 Å². The summed E-state index contributed by atoms with van der Waals surface area (Å²) in [7, 11) is 4.88. The topological polar surface area (TPSA) is 286 Å². The SMILES string of the molecule is C=C1C(=O)N[C@@H](C)C(=O)N(C)[C@@H](C)C(=O)N[C@@H]([C@H](OC(=O)[C@@H](NC(=O)CC)[C@H](O)C(C)C)C(C)C)C(=O)N(C)[C@@H]([C@@H](C)OC)C(=O)O[C@H](C(C)C)[C@H](NC(C)=O)C(=O)O[C@H](Cc2ccccc2)C(=O)N1C. The maximum Gasteiger partial charge on any atom is 0.333 e. The van der Waals surface area contributed by atoms with Gasteiger partial charge in [-0.05, 0) is 44.1 Å². The van der Waals surface area contributed by atoms with Crippen LogP contribution in [0.5, 0.6) is 0 Å².